The molecule has 0 spiro atoms. The summed E-state index contributed by atoms with van der Waals surface area (Å²) >= 11 is 0. The average Bonchev–Trinajstić information content (AvgIpc) is 3.50. The molecule has 0 aromatic heterocycles. The Hall–Kier alpha value is -3.27. The van der Waals surface area contributed by atoms with Crippen LogP contribution in [-0.4, -0.2) is 12.7 Å². The highest BCUT2D eigenvalue weighted by Gasteiger charge is 2.51. The minimum Gasteiger partial charge on any atom is -0.454 e. The number of carbonyl (C=O) groups is 1. The van der Waals surface area contributed by atoms with Gasteiger partial charge in [-0.1, -0.05) is 57.2 Å². The molecule has 164 valence electrons. The van der Waals surface area contributed by atoms with Crippen LogP contribution >= 0.6 is 0 Å². The van der Waals surface area contributed by atoms with Crippen molar-refractivity contribution in [1.82, 2.24) is 0 Å². The molecule has 1 aliphatic carbocycles. The summed E-state index contributed by atoms with van der Waals surface area (Å²) < 4.78 is 10.9. The first-order valence-electron chi connectivity index (χ1n) is 11.4. The van der Waals surface area contributed by atoms with E-state index in [1.54, 1.807) is 0 Å². The normalized spacial score (nSPS) is 15.6. The highest BCUT2D eigenvalue weighted by atomic mass is 16.7. The number of benzene rings is 3. The van der Waals surface area contributed by atoms with E-state index in [2.05, 4.69) is 62.5 Å². The van der Waals surface area contributed by atoms with Crippen molar-refractivity contribution in [3.8, 4) is 22.6 Å². The Morgan fingerprint density at radius 1 is 0.969 bits per heavy atom. The molecular formula is C28H29NO3. The van der Waals surface area contributed by atoms with Gasteiger partial charge in [-0.2, -0.15) is 0 Å². The number of aryl methyl sites for hydroxylation is 1. The lowest BCUT2D eigenvalue weighted by Crippen LogP contribution is -2.27. The largest absolute Gasteiger partial charge is 0.454 e. The molecule has 0 radical (unpaired) electrons. The first-order valence-corrected chi connectivity index (χ1v) is 11.4. The zero-order chi connectivity index (χ0) is 22.3. The summed E-state index contributed by atoms with van der Waals surface area (Å²) in [5.74, 6) is 2.02. The van der Waals surface area contributed by atoms with E-state index in [1.807, 2.05) is 24.3 Å². The second kappa shape index (κ2) is 8.01. The van der Waals surface area contributed by atoms with Crippen molar-refractivity contribution in [2.24, 2.45) is 0 Å². The Labute approximate surface area is 189 Å². The van der Waals surface area contributed by atoms with Gasteiger partial charge in [0.1, 0.15) is 0 Å². The van der Waals surface area contributed by atoms with E-state index >= 15 is 0 Å². The van der Waals surface area contributed by atoms with Crippen LogP contribution in [0.5, 0.6) is 11.5 Å². The molecule has 1 saturated carbocycles. The Morgan fingerprint density at radius 2 is 1.72 bits per heavy atom. The molecule has 3 aromatic carbocycles. The third-order valence-corrected chi connectivity index (χ3v) is 6.75. The van der Waals surface area contributed by atoms with Gasteiger partial charge in [0.15, 0.2) is 11.5 Å². The van der Waals surface area contributed by atoms with Crippen LogP contribution in [0.15, 0.2) is 60.7 Å². The molecule has 0 atom stereocenters. The van der Waals surface area contributed by atoms with Crippen molar-refractivity contribution >= 4 is 11.6 Å². The summed E-state index contributed by atoms with van der Waals surface area (Å²) in [5.41, 5.74) is 6.31. The molecule has 3 aromatic rings. The van der Waals surface area contributed by atoms with E-state index in [4.69, 9.17) is 9.47 Å². The van der Waals surface area contributed by atoms with Crippen LogP contribution < -0.4 is 14.8 Å². The van der Waals surface area contributed by atoms with Crippen LogP contribution in [-0.2, 0) is 16.6 Å². The molecule has 2 aliphatic rings. The predicted molar refractivity (Wildman–Crippen MR) is 127 cm³/mol. The van der Waals surface area contributed by atoms with Crippen molar-refractivity contribution in [3.63, 3.8) is 0 Å². The van der Waals surface area contributed by atoms with Gasteiger partial charge < -0.3 is 14.8 Å². The molecule has 0 saturated heterocycles. The number of anilines is 1. The maximum absolute atomic E-state index is 13.3. The maximum atomic E-state index is 13.3. The van der Waals surface area contributed by atoms with Gasteiger partial charge in [-0.3, -0.25) is 4.79 Å². The predicted octanol–water partition coefficient (Wildman–Crippen LogP) is 6.44. The van der Waals surface area contributed by atoms with Crippen molar-refractivity contribution in [3.05, 3.63) is 77.4 Å². The van der Waals surface area contributed by atoms with E-state index in [0.717, 1.165) is 42.0 Å². The second-order valence-electron chi connectivity index (χ2n) is 9.11. The van der Waals surface area contributed by atoms with E-state index in [9.17, 15) is 4.79 Å². The maximum Gasteiger partial charge on any atom is 0.235 e. The first-order chi connectivity index (χ1) is 15.5. The lowest BCUT2D eigenvalue weighted by atomic mass is 9.93. The Kier molecular flexibility index (Phi) is 5.16. The summed E-state index contributed by atoms with van der Waals surface area (Å²) in [6.07, 6.45) is 2.63. The smallest absolute Gasteiger partial charge is 0.235 e. The van der Waals surface area contributed by atoms with Crippen LogP contribution in [0.4, 0.5) is 5.69 Å². The van der Waals surface area contributed by atoms with Crippen LogP contribution in [0.2, 0.25) is 0 Å². The fourth-order valence-corrected chi connectivity index (χ4v) is 4.50. The van der Waals surface area contributed by atoms with Crippen LogP contribution in [0.25, 0.3) is 11.1 Å². The SMILES string of the molecule is CCc1ccc(NC(=O)C2(c3ccc4c(c3)OCO4)CC2)cc1-c1ccc(C(C)C)cc1. The van der Waals surface area contributed by atoms with Crippen molar-refractivity contribution in [2.45, 2.75) is 51.4 Å². The molecule has 4 nitrogen and oxygen atoms in total. The van der Waals surface area contributed by atoms with Crippen LogP contribution in [0, 0.1) is 0 Å². The lowest BCUT2D eigenvalue weighted by Gasteiger charge is -2.18. The van der Waals surface area contributed by atoms with Gasteiger partial charge in [0.05, 0.1) is 5.41 Å². The van der Waals surface area contributed by atoms with Crippen molar-refractivity contribution in [1.29, 1.82) is 0 Å². The van der Waals surface area contributed by atoms with Crippen LogP contribution in [0.3, 0.4) is 0 Å². The summed E-state index contributed by atoms with van der Waals surface area (Å²) in [6.45, 7) is 6.81. The fourth-order valence-electron chi connectivity index (χ4n) is 4.50. The fraction of sp³-hybridized carbons (Fsp3) is 0.321. The van der Waals surface area contributed by atoms with Gasteiger partial charge in [0.2, 0.25) is 12.7 Å². The van der Waals surface area contributed by atoms with Crippen molar-refractivity contribution in [2.75, 3.05) is 12.1 Å². The minimum atomic E-state index is -0.483. The molecule has 5 rings (SSSR count). The Balaban J connectivity index is 1.41. The third-order valence-electron chi connectivity index (χ3n) is 6.75. The zero-order valence-corrected chi connectivity index (χ0v) is 18.9. The topological polar surface area (TPSA) is 47.6 Å². The molecule has 0 bridgehead atoms. The lowest BCUT2D eigenvalue weighted by molar-refractivity contribution is -0.118. The van der Waals surface area contributed by atoms with E-state index in [-0.39, 0.29) is 12.7 Å². The molecule has 32 heavy (non-hydrogen) atoms. The number of carbonyl (C=O) groups excluding carboxylic acids is 1. The molecule has 1 amide bonds. The number of hydrogen-bond donors (Lipinski definition) is 1. The first kappa shape index (κ1) is 20.6. The summed E-state index contributed by atoms with van der Waals surface area (Å²) in [5, 5.41) is 3.19. The monoisotopic (exact) mass is 427 g/mol. The van der Waals surface area contributed by atoms with E-state index in [0.29, 0.717) is 5.92 Å². The number of fused-ring (bicyclic) bond motifs is 1. The summed E-state index contributed by atoms with van der Waals surface area (Å²) in [4.78, 5) is 13.3. The van der Waals surface area contributed by atoms with E-state index in [1.165, 1.54) is 22.3 Å². The zero-order valence-electron chi connectivity index (χ0n) is 18.9. The van der Waals surface area contributed by atoms with Gasteiger partial charge in [0, 0.05) is 5.69 Å². The summed E-state index contributed by atoms with van der Waals surface area (Å²) in [6, 6.07) is 20.9. The van der Waals surface area contributed by atoms with Gasteiger partial charge >= 0.3 is 0 Å². The van der Waals surface area contributed by atoms with Crippen LogP contribution in [0.1, 0.15) is 56.2 Å². The van der Waals surface area contributed by atoms with Gasteiger partial charge in [0.25, 0.3) is 0 Å². The molecule has 0 unspecified atom stereocenters. The Bertz CT molecular complexity index is 1160. The number of nitrogens with one attached hydrogen (secondary N) is 1. The standard InChI is InChI=1S/C28H29NO3/c1-4-19-9-11-23(16-24(19)21-7-5-20(6-8-21)18(2)3)29-27(30)28(13-14-28)22-10-12-25-26(15-22)32-17-31-25/h5-12,15-16,18H,4,13-14,17H2,1-3H3,(H,29,30). The number of amides is 1. The second-order valence-corrected chi connectivity index (χ2v) is 9.11. The van der Waals surface area contributed by atoms with Gasteiger partial charge in [-0.15, -0.1) is 0 Å². The molecule has 1 heterocycles. The summed E-state index contributed by atoms with van der Waals surface area (Å²) in [7, 11) is 0. The average molecular weight is 428 g/mol. The number of hydrogen-bond acceptors (Lipinski definition) is 3. The highest BCUT2D eigenvalue weighted by molar-refractivity contribution is 6.02. The van der Waals surface area contributed by atoms with Gasteiger partial charge in [-0.25, -0.2) is 0 Å². The Morgan fingerprint density at radius 3 is 2.41 bits per heavy atom. The quantitative estimate of drug-likeness (QED) is 0.492. The van der Waals surface area contributed by atoms with Crippen molar-refractivity contribution < 1.29 is 14.3 Å². The minimum absolute atomic E-state index is 0.0433. The number of rotatable bonds is 6. The third kappa shape index (κ3) is 3.64. The molecule has 1 N–H and O–H groups in total. The molecule has 4 heteroatoms. The molecule has 1 fully saturated rings. The highest BCUT2D eigenvalue weighted by Crippen LogP contribution is 2.51. The molecular weight excluding hydrogens is 398 g/mol. The van der Waals surface area contributed by atoms with E-state index < -0.39 is 5.41 Å². The number of ether oxygens (including phenoxy) is 2. The molecule has 1 aliphatic heterocycles. The van der Waals surface area contributed by atoms with Gasteiger partial charge in [-0.05, 0) is 77.3 Å².